The van der Waals surface area contributed by atoms with Crippen molar-refractivity contribution in [3.8, 4) is 0 Å². The molecule has 0 aromatic heterocycles. The molecule has 1 aliphatic rings. The monoisotopic (exact) mass is 310 g/mol. The van der Waals surface area contributed by atoms with Crippen molar-refractivity contribution in [2.24, 2.45) is 0 Å². The molecule has 1 heterocycles. The predicted molar refractivity (Wildman–Crippen MR) is 76.3 cm³/mol. The molecule has 2 amide bonds. The van der Waals surface area contributed by atoms with Crippen molar-refractivity contribution in [3.05, 3.63) is 35.6 Å². The van der Waals surface area contributed by atoms with Gasteiger partial charge < -0.3 is 19.6 Å². The van der Waals surface area contributed by atoms with E-state index < -0.39 is 6.10 Å². The number of hydrogen-bond donors (Lipinski definition) is 1. The third-order valence-electron chi connectivity index (χ3n) is 3.42. The molecule has 1 unspecified atom stereocenters. The van der Waals surface area contributed by atoms with E-state index in [-0.39, 0.29) is 50.4 Å². The lowest BCUT2D eigenvalue weighted by molar-refractivity contribution is -0.141. The molecule has 2 rings (SSSR count). The van der Waals surface area contributed by atoms with E-state index in [0.717, 1.165) is 0 Å². The van der Waals surface area contributed by atoms with E-state index in [0.29, 0.717) is 5.56 Å². The van der Waals surface area contributed by atoms with Gasteiger partial charge in [-0.15, -0.1) is 0 Å². The number of ether oxygens (including phenoxy) is 1. The molecule has 120 valence electrons. The maximum atomic E-state index is 13.2. The Labute approximate surface area is 128 Å². The highest BCUT2D eigenvalue weighted by Gasteiger charge is 2.29. The van der Waals surface area contributed by atoms with E-state index in [1.807, 2.05) is 0 Å². The summed E-state index contributed by atoms with van der Waals surface area (Å²) in [7, 11) is 1.39. The van der Waals surface area contributed by atoms with Gasteiger partial charge in [-0.2, -0.15) is 0 Å². The molecule has 1 aromatic carbocycles. The first-order chi connectivity index (χ1) is 10.5. The van der Waals surface area contributed by atoms with Crippen LogP contribution in [0.3, 0.4) is 0 Å². The lowest BCUT2D eigenvalue weighted by atomic mass is 10.2. The average Bonchev–Trinajstić information content (AvgIpc) is 2.59. The molecule has 7 heteroatoms. The maximum absolute atomic E-state index is 13.2. The van der Waals surface area contributed by atoms with E-state index in [2.05, 4.69) is 0 Å². The first-order valence-electron chi connectivity index (χ1n) is 6.96. The van der Waals surface area contributed by atoms with Crippen LogP contribution < -0.4 is 0 Å². The van der Waals surface area contributed by atoms with Gasteiger partial charge in [0.15, 0.2) is 0 Å². The van der Waals surface area contributed by atoms with Gasteiger partial charge in [0.1, 0.15) is 12.4 Å². The first kappa shape index (κ1) is 16.4. The van der Waals surface area contributed by atoms with Crippen LogP contribution in [0, 0.1) is 5.82 Å². The van der Waals surface area contributed by atoms with Crippen LogP contribution in [0.1, 0.15) is 5.56 Å². The zero-order chi connectivity index (χ0) is 16.1. The van der Waals surface area contributed by atoms with Gasteiger partial charge in [-0.25, -0.2) is 4.39 Å². The van der Waals surface area contributed by atoms with Crippen molar-refractivity contribution in [2.75, 3.05) is 33.4 Å². The number of halogens is 1. The fourth-order valence-corrected chi connectivity index (χ4v) is 2.41. The van der Waals surface area contributed by atoms with Gasteiger partial charge in [-0.05, 0) is 17.7 Å². The lowest BCUT2D eigenvalue weighted by Crippen LogP contribution is -2.41. The minimum atomic E-state index is -0.846. The molecule has 0 spiro atoms. The Balaban J connectivity index is 2.07. The summed E-state index contributed by atoms with van der Waals surface area (Å²) in [5.41, 5.74) is 0.636. The van der Waals surface area contributed by atoms with Crippen molar-refractivity contribution in [1.29, 1.82) is 0 Å². The van der Waals surface area contributed by atoms with Gasteiger partial charge in [0, 0.05) is 26.7 Å². The van der Waals surface area contributed by atoms with Crippen molar-refractivity contribution in [1.82, 2.24) is 9.80 Å². The Morgan fingerprint density at radius 2 is 2.23 bits per heavy atom. The first-order valence-corrected chi connectivity index (χ1v) is 6.96. The number of benzene rings is 1. The number of carbonyl (C=O) groups excluding carboxylic acids is 2. The quantitative estimate of drug-likeness (QED) is 0.850. The van der Waals surface area contributed by atoms with Crippen LogP contribution in [0.2, 0.25) is 0 Å². The largest absolute Gasteiger partial charge is 0.389 e. The second-order valence-corrected chi connectivity index (χ2v) is 5.27. The van der Waals surface area contributed by atoms with Crippen LogP contribution >= 0.6 is 0 Å². The molecular weight excluding hydrogens is 291 g/mol. The summed E-state index contributed by atoms with van der Waals surface area (Å²) in [6.45, 7) is 0.123. The molecule has 0 saturated carbocycles. The molecule has 1 fully saturated rings. The molecule has 1 N–H and O–H groups in total. The molecule has 1 saturated heterocycles. The summed E-state index contributed by atoms with van der Waals surface area (Å²) in [4.78, 5) is 26.8. The average molecular weight is 310 g/mol. The number of hydrogen-bond acceptors (Lipinski definition) is 4. The number of rotatable bonds is 4. The normalized spacial score (nSPS) is 19.2. The number of aliphatic hydroxyl groups excluding tert-OH is 1. The smallest absolute Gasteiger partial charge is 0.249 e. The van der Waals surface area contributed by atoms with Gasteiger partial charge >= 0.3 is 0 Å². The molecule has 0 radical (unpaired) electrons. The van der Waals surface area contributed by atoms with Crippen LogP contribution in [0.5, 0.6) is 0 Å². The number of β-amino-alcohol motifs (C(OH)–C–C–N with tert-alkyl or cyclic N) is 1. The van der Waals surface area contributed by atoms with Gasteiger partial charge in [0.2, 0.25) is 11.8 Å². The van der Waals surface area contributed by atoms with E-state index >= 15 is 0 Å². The second-order valence-electron chi connectivity index (χ2n) is 5.27. The third-order valence-corrected chi connectivity index (χ3v) is 3.42. The second kappa shape index (κ2) is 7.33. The van der Waals surface area contributed by atoms with Crippen LogP contribution in [-0.2, 0) is 20.9 Å². The molecule has 6 nitrogen and oxygen atoms in total. The van der Waals surface area contributed by atoms with Gasteiger partial charge in [-0.1, -0.05) is 12.1 Å². The van der Waals surface area contributed by atoms with Crippen molar-refractivity contribution >= 4 is 11.8 Å². The molecule has 1 aliphatic heterocycles. The minimum Gasteiger partial charge on any atom is -0.389 e. The van der Waals surface area contributed by atoms with E-state index in [1.54, 1.807) is 12.1 Å². The standard InChI is InChI=1S/C15H19FN2O4/c1-22-10-15(21)18-8-13(19)7-17(14(20)9-18)6-11-3-2-4-12(16)5-11/h2-5,13,19H,6-10H2,1H3. The Kier molecular flexibility index (Phi) is 5.46. The van der Waals surface area contributed by atoms with Gasteiger partial charge in [-0.3, -0.25) is 9.59 Å². The zero-order valence-corrected chi connectivity index (χ0v) is 12.4. The Bertz CT molecular complexity index is 552. The summed E-state index contributed by atoms with van der Waals surface area (Å²) >= 11 is 0. The van der Waals surface area contributed by atoms with E-state index in [1.165, 1.54) is 29.0 Å². The van der Waals surface area contributed by atoms with Crippen LogP contribution in [-0.4, -0.2) is 66.2 Å². The van der Waals surface area contributed by atoms with Crippen LogP contribution in [0.25, 0.3) is 0 Å². The van der Waals surface area contributed by atoms with Crippen molar-refractivity contribution in [3.63, 3.8) is 0 Å². The Hall–Kier alpha value is -1.99. The maximum Gasteiger partial charge on any atom is 0.249 e. The Morgan fingerprint density at radius 3 is 2.91 bits per heavy atom. The van der Waals surface area contributed by atoms with E-state index in [4.69, 9.17) is 4.74 Å². The van der Waals surface area contributed by atoms with E-state index in [9.17, 15) is 19.1 Å². The summed E-state index contributed by atoms with van der Waals surface area (Å²) in [6.07, 6.45) is -0.846. The van der Waals surface area contributed by atoms with Gasteiger partial charge in [0.05, 0.1) is 12.6 Å². The predicted octanol–water partition coefficient (Wildman–Crippen LogP) is 0.00380. The summed E-state index contributed by atoms with van der Waals surface area (Å²) in [5.74, 6) is -1.01. The Morgan fingerprint density at radius 1 is 1.45 bits per heavy atom. The number of amides is 2. The lowest BCUT2D eigenvalue weighted by Gasteiger charge is -2.22. The molecule has 0 aliphatic carbocycles. The number of aliphatic hydroxyl groups is 1. The summed E-state index contributed by atoms with van der Waals surface area (Å²) < 4.78 is 18.0. The number of nitrogens with zero attached hydrogens (tertiary/aromatic N) is 2. The van der Waals surface area contributed by atoms with Crippen molar-refractivity contribution < 1.29 is 23.8 Å². The molecule has 1 atom stereocenters. The highest BCUT2D eigenvalue weighted by atomic mass is 19.1. The topological polar surface area (TPSA) is 70.1 Å². The molecule has 1 aromatic rings. The molecule has 22 heavy (non-hydrogen) atoms. The summed E-state index contributed by atoms with van der Waals surface area (Å²) in [6, 6.07) is 5.95. The zero-order valence-electron chi connectivity index (χ0n) is 12.4. The van der Waals surface area contributed by atoms with Crippen LogP contribution in [0.4, 0.5) is 4.39 Å². The third kappa shape index (κ3) is 4.25. The van der Waals surface area contributed by atoms with Gasteiger partial charge in [0.25, 0.3) is 0 Å². The number of carbonyl (C=O) groups is 2. The fraction of sp³-hybridized carbons (Fsp3) is 0.467. The number of methoxy groups -OCH3 is 1. The highest BCUT2D eigenvalue weighted by molar-refractivity contribution is 5.85. The minimum absolute atomic E-state index is 0.0770. The highest BCUT2D eigenvalue weighted by Crippen LogP contribution is 2.12. The fourth-order valence-electron chi connectivity index (χ4n) is 2.41. The van der Waals surface area contributed by atoms with Crippen molar-refractivity contribution in [2.45, 2.75) is 12.6 Å². The summed E-state index contributed by atoms with van der Waals surface area (Å²) in [5, 5.41) is 9.99. The van der Waals surface area contributed by atoms with Crippen LogP contribution in [0.15, 0.2) is 24.3 Å². The SMILES string of the molecule is COCC(=O)N1CC(=O)N(Cc2cccc(F)c2)CC(O)C1. The molecular formula is C15H19FN2O4. The molecule has 0 bridgehead atoms.